The summed E-state index contributed by atoms with van der Waals surface area (Å²) in [4.78, 5) is 0. The van der Waals surface area contributed by atoms with Gasteiger partial charge in [0.25, 0.3) is 0 Å². The molecule has 0 aromatic heterocycles. The molecule has 1 nitrogen and oxygen atoms in total. The standard InChI is InChI=1S/C20H25F5O/c1-2-3-4-14-5-7-15(8-6-14)13-26-16-11-18(21)17(19(22)12-16)9-10-20(23,24)25/h9-12,14-15H,2-8,13H2,1H3. The first-order valence-corrected chi connectivity index (χ1v) is 9.16. The van der Waals surface area contributed by atoms with Gasteiger partial charge in [0.05, 0.1) is 6.61 Å². The van der Waals surface area contributed by atoms with Crippen molar-refractivity contribution in [2.24, 2.45) is 11.8 Å². The van der Waals surface area contributed by atoms with E-state index in [0.29, 0.717) is 18.6 Å². The lowest BCUT2D eigenvalue weighted by Crippen LogP contribution is -2.20. The topological polar surface area (TPSA) is 9.23 Å². The van der Waals surface area contributed by atoms with Crippen molar-refractivity contribution in [3.05, 3.63) is 35.4 Å². The monoisotopic (exact) mass is 376 g/mol. The fourth-order valence-corrected chi connectivity index (χ4v) is 3.38. The number of hydrogen-bond acceptors (Lipinski definition) is 1. The van der Waals surface area contributed by atoms with Crippen molar-refractivity contribution < 1.29 is 26.7 Å². The van der Waals surface area contributed by atoms with Crippen LogP contribution >= 0.6 is 0 Å². The minimum absolute atomic E-state index is 0.0114. The molecule has 0 atom stereocenters. The molecule has 0 radical (unpaired) electrons. The van der Waals surface area contributed by atoms with Crippen LogP contribution in [0.3, 0.4) is 0 Å². The lowest BCUT2D eigenvalue weighted by atomic mass is 9.80. The Morgan fingerprint density at radius 2 is 1.62 bits per heavy atom. The molecule has 0 aliphatic heterocycles. The fraction of sp³-hybridized carbons (Fsp3) is 0.600. The van der Waals surface area contributed by atoms with Crippen LogP contribution in [0, 0.1) is 23.5 Å². The van der Waals surface area contributed by atoms with Gasteiger partial charge in [0.15, 0.2) is 0 Å². The molecule has 26 heavy (non-hydrogen) atoms. The van der Waals surface area contributed by atoms with Crippen molar-refractivity contribution >= 4 is 6.08 Å². The fourth-order valence-electron chi connectivity index (χ4n) is 3.38. The third kappa shape index (κ3) is 6.61. The van der Waals surface area contributed by atoms with Crippen LogP contribution in [-0.4, -0.2) is 12.8 Å². The highest BCUT2D eigenvalue weighted by atomic mass is 19.4. The molecule has 0 saturated heterocycles. The zero-order valence-corrected chi connectivity index (χ0v) is 14.9. The predicted octanol–water partition coefficient (Wildman–Crippen LogP) is 6.92. The zero-order chi connectivity index (χ0) is 19.2. The highest BCUT2D eigenvalue weighted by molar-refractivity contribution is 5.53. The van der Waals surface area contributed by atoms with Gasteiger partial charge >= 0.3 is 6.18 Å². The van der Waals surface area contributed by atoms with Gasteiger partial charge in [0, 0.05) is 23.8 Å². The molecular weight excluding hydrogens is 351 g/mol. The molecule has 1 aliphatic rings. The van der Waals surface area contributed by atoms with Crippen molar-refractivity contribution in [1.29, 1.82) is 0 Å². The summed E-state index contributed by atoms with van der Waals surface area (Å²) in [5, 5.41) is 0. The first kappa shape index (κ1) is 20.7. The average molecular weight is 376 g/mol. The van der Waals surface area contributed by atoms with Crippen LogP contribution in [-0.2, 0) is 0 Å². The summed E-state index contributed by atoms with van der Waals surface area (Å²) in [5.41, 5.74) is -0.717. The van der Waals surface area contributed by atoms with Crippen LogP contribution in [0.2, 0.25) is 0 Å². The van der Waals surface area contributed by atoms with E-state index in [1.807, 2.05) is 0 Å². The van der Waals surface area contributed by atoms with Gasteiger partial charge in [-0.2, -0.15) is 13.2 Å². The summed E-state index contributed by atoms with van der Waals surface area (Å²) < 4.78 is 69.7. The molecule has 0 heterocycles. The van der Waals surface area contributed by atoms with E-state index in [4.69, 9.17) is 4.74 Å². The first-order valence-electron chi connectivity index (χ1n) is 9.16. The van der Waals surface area contributed by atoms with Crippen LogP contribution < -0.4 is 4.74 Å². The number of alkyl halides is 3. The van der Waals surface area contributed by atoms with Crippen molar-refractivity contribution in [1.82, 2.24) is 0 Å². The van der Waals surface area contributed by atoms with Gasteiger partial charge in [-0.3, -0.25) is 0 Å². The molecule has 0 unspecified atom stereocenters. The van der Waals surface area contributed by atoms with Gasteiger partial charge in [-0.15, -0.1) is 0 Å². The Kier molecular flexibility index (Phi) is 7.47. The van der Waals surface area contributed by atoms with Crippen LogP contribution in [0.1, 0.15) is 57.4 Å². The summed E-state index contributed by atoms with van der Waals surface area (Å²) in [6.07, 6.45) is 3.66. The second kappa shape index (κ2) is 9.38. The van der Waals surface area contributed by atoms with E-state index in [1.54, 1.807) is 0 Å². The minimum atomic E-state index is -4.62. The van der Waals surface area contributed by atoms with E-state index >= 15 is 0 Å². The van der Waals surface area contributed by atoms with Gasteiger partial charge in [0.2, 0.25) is 0 Å². The van der Waals surface area contributed by atoms with Crippen molar-refractivity contribution in [2.75, 3.05) is 6.61 Å². The lowest BCUT2D eigenvalue weighted by molar-refractivity contribution is -0.0790. The van der Waals surface area contributed by atoms with E-state index in [1.165, 1.54) is 19.3 Å². The summed E-state index contributed by atoms with van der Waals surface area (Å²) in [5.74, 6) is -1.01. The third-order valence-electron chi connectivity index (χ3n) is 4.91. The Hall–Kier alpha value is -1.59. The van der Waals surface area contributed by atoms with Crippen LogP contribution in [0.15, 0.2) is 18.2 Å². The number of ether oxygens (including phenoxy) is 1. The summed E-state index contributed by atoms with van der Waals surface area (Å²) in [6, 6.07) is 1.87. The highest BCUT2D eigenvalue weighted by Gasteiger charge is 2.23. The average Bonchev–Trinajstić information content (AvgIpc) is 2.57. The van der Waals surface area contributed by atoms with E-state index in [2.05, 4.69) is 6.92 Å². The van der Waals surface area contributed by atoms with Gasteiger partial charge in [0.1, 0.15) is 17.4 Å². The molecule has 1 fully saturated rings. The molecule has 146 valence electrons. The number of halogens is 5. The Labute approximate surface area is 151 Å². The Bertz CT molecular complexity index is 578. The molecule has 6 heteroatoms. The Morgan fingerprint density at radius 3 is 2.15 bits per heavy atom. The van der Waals surface area contributed by atoms with E-state index < -0.39 is 23.4 Å². The molecule has 1 aromatic carbocycles. The summed E-state index contributed by atoms with van der Waals surface area (Å²) >= 11 is 0. The van der Waals surface area contributed by atoms with Gasteiger partial charge in [-0.25, -0.2) is 8.78 Å². The van der Waals surface area contributed by atoms with E-state index in [0.717, 1.165) is 43.7 Å². The first-order chi connectivity index (χ1) is 12.3. The Balaban J connectivity index is 1.88. The maximum atomic E-state index is 13.9. The summed E-state index contributed by atoms with van der Waals surface area (Å²) in [7, 11) is 0. The molecule has 0 spiro atoms. The van der Waals surface area contributed by atoms with Crippen molar-refractivity contribution in [2.45, 2.75) is 58.0 Å². The SMILES string of the molecule is CCCCC1CCC(COc2cc(F)c(C=CC(F)(F)F)c(F)c2)CC1. The third-order valence-corrected chi connectivity index (χ3v) is 4.91. The predicted molar refractivity (Wildman–Crippen MR) is 91.9 cm³/mol. The molecule has 1 aliphatic carbocycles. The normalized spacial score (nSPS) is 21.3. The molecule has 1 saturated carbocycles. The molecule has 2 rings (SSSR count). The van der Waals surface area contributed by atoms with Crippen molar-refractivity contribution in [3.63, 3.8) is 0 Å². The van der Waals surface area contributed by atoms with Gasteiger partial charge < -0.3 is 4.74 Å². The smallest absolute Gasteiger partial charge is 0.409 e. The van der Waals surface area contributed by atoms with Crippen LogP contribution in [0.5, 0.6) is 5.75 Å². The highest BCUT2D eigenvalue weighted by Crippen LogP contribution is 2.32. The van der Waals surface area contributed by atoms with E-state index in [9.17, 15) is 22.0 Å². The van der Waals surface area contributed by atoms with E-state index in [-0.39, 0.29) is 11.8 Å². The van der Waals surface area contributed by atoms with Crippen LogP contribution in [0.4, 0.5) is 22.0 Å². The molecule has 1 aromatic rings. The lowest BCUT2D eigenvalue weighted by Gasteiger charge is -2.28. The van der Waals surface area contributed by atoms with Gasteiger partial charge in [-0.05, 0) is 30.8 Å². The molecule has 0 bridgehead atoms. The van der Waals surface area contributed by atoms with Crippen LogP contribution in [0.25, 0.3) is 6.08 Å². The molecular formula is C20H25F5O. The quantitative estimate of drug-likeness (QED) is 0.470. The number of benzene rings is 1. The second-order valence-corrected chi connectivity index (χ2v) is 7.02. The zero-order valence-electron chi connectivity index (χ0n) is 14.9. The number of unbranched alkanes of at least 4 members (excludes halogenated alkanes) is 1. The van der Waals surface area contributed by atoms with Crippen molar-refractivity contribution in [3.8, 4) is 5.75 Å². The maximum Gasteiger partial charge on any atom is 0.409 e. The Morgan fingerprint density at radius 1 is 1.04 bits per heavy atom. The molecule has 0 N–H and O–H groups in total. The largest absolute Gasteiger partial charge is 0.493 e. The maximum absolute atomic E-state index is 13.9. The number of allylic oxidation sites excluding steroid dienone is 1. The number of hydrogen-bond donors (Lipinski definition) is 0. The van der Waals surface area contributed by atoms with Gasteiger partial charge in [-0.1, -0.05) is 39.0 Å². The number of rotatable bonds is 7. The minimum Gasteiger partial charge on any atom is -0.493 e. The summed E-state index contributed by atoms with van der Waals surface area (Å²) in [6.45, 7) is 2.55. The second-order valence-electron chi connectivity index (χ2n) is 7.02. The molecule has 0 amide bonds.